The Hall–Kier alpha value is -2.45. The lowest BCUT2D eigenvalue weighted by atomic mass is 9.95. The Bertz CT molecular complexity index is 1070. The zero-order chi connectivity index (χ0) is 22.7. The fourth-order valence-corrected chi connectivity index (χ4v) is 6.21. The third-order valence-corrected chi connectivity index (χ3v) is 8.46. The largest absolute Gasteiger partial charge is 0.355 e. The van der Waals surface area contributed by atoms with E-state index in [2.05, 4.69) is 5.16 Å². The highest BCUT2D eigenvalue weighted by molar-refractivity contribution is 7.89. The van der Waals surface area contributed by atoms with Crippen LogP contribution in [0, 0.1) is 19.8 Å². The number of benzene rings is 1. The lowest BCUT2D eigenvalue weighted by Crippen LogP contribution is -2.45. The van der Waals surface area contributed by atoms with Gasteiger partial charge in [0.15, 0.2) is 10.7 Å². The molecule has 4 rings (SSSR count). The molecule has 3 heterocycles. The van der Waals surface area contributed by atoms with Gasteiger partial charge in [-0.1, -0.05) is 41.1 Å². The van der Waals surface area contributed by atoms with Crippen LogP contribution in [0.4, 0.5) is 0 Å². The maximum atomic E-state index is 13.4. The molecular formula is C24H31N3O4S. The Morgan fingerprint density at radius 1 is 1.00 bits per heavy atom. The van der Waals surface area contributed by atoms with Gasteiger partial charge in [-0.2, -0.15) is 4.31 Å². The topological polar surface area (TPSA) is 83.7 Å². The number of hydrogen-bond donors (Lipinski definition) is 0. The summed E-state index contributed by atoms with van der Waals surface area (Å²) in [5.74, 6) is 0.322. The molecule has 172 valence electrons. The van der Waals surface area contributed by atoms with Gasteiger partial charge >= 0.3 is 0 Å². The van der Waals surface area contributed by atoms with Gasteiger partial charge in [0.2, 0.25) is 15.9 Å². The van der Waals surface area contributed by atoms with Crippen LogP contribution in [0.15, 0.2) is 33.7 Å². The van der Waals surface area contributed by atoms with Crippen molar-refractivity contribution < 1.29 is 17.7 Å². The Kier molecular flexibility index (Phi) is 6.81. The third kappa shape index (κ3) is 4.81. The number of sulfonamides is 1. The molecule has 2 aliphatic rings. The average Bonchev–Trinajstić information content (AvgIpc) is 3.20. The van der Waals surface area contributed by atoms with E-state index in [4.69, 9.17) is 4.52 Å². The summed E-state index contributed by atoms with van der Waals surface area (Å²) < 4.78 is 33.7. The number of aromatic nitrogens is 1. The first-order valence-corrected chi connectivity index (χ1v) is 12.8. The quantitative estimate of drug-likeness (QED) is 0.680. The molecule has 0 spiro atoms. The Labute approximate surface area is 190 Å². The van der Waals surface area contributed by atoms with Crippen molar-refractivity contribution in [2.24, 2.45) is 5.92 Å². The monoisotopic (exact) mass is 457 g/mol. The number of rotatable bonds is 5. The number of aryl methyl sites for hydroxylation is 2. The van der Waals surface area contributed by atoms with Gasteiger partial charge in [0.25, 0.3) is 0 Å². The molecule has 0 atom stereocenters. The van der Waals surface area contributed by atoms with E-state index in [0.717, 1.165) is 37.1 Å². The summed E-state index contributed by atoms with van der Waals surface area (Å²) in [6.07, 6.45) is 7.88. The number of carbonyl (C=O) groups is 1. The molecule has 0 bridgehead atoms. The normalized spacial score (nSPS) is 19.0. The van der Waals surface area contributed by atoms with Gasteiger partial charge in [-0.05, 0) is 57.6 Å². The zero-order valence-corrected chi connectivity index (χ0v) is 19.6. The van der Waals surface area contributed by atoms with Gasteiger partial charge in [0.1, 0.15) is 5.69 Å². The maximum Gasteiger partial charge on any atom is 0.248 e. The summed E-state index contributed by atoms with van der Waals surface area (Å²) in [5.41, 5.74) is 2.45. The van der Waals surface area contributed by atoms with E-state index >= 15 is 0 Å². The average molecular weight is 458 g/mol. The van der Waals surface area contributed by atoms with Crippen molar-refractivity contribution in [3.63, 3.8) is 0 Å². The second kappa shape index (κ2) is 9.58. The minimum absolute atomic E-state index is 0.0935. The molecule has 0 radical (unpaired) electrons. The molecule has 1 aromatic heterocycles. The molecule has 2 saturated heterocycles. The lowest BCUT2D eigenvalue weighted by molar-refractivity contribution is -0.137. The van der Waals surface area contributed by atoms with Gasteiger partial charge in [-0.15, -0.1) is 0 Å². The van der Waals surface area contributed by atoms with E-state index in [1.165, 1.54) is 10.7 Å². The van der Waals surface area contributed by atoms with E-state index in [-0.39, 0.29) is 22.5 Å². The van der Waals surface area contributed by atoms with Crippen LogP contribution in [0.25, 0.3) is 12.2 Å². The first-order chi connectivity index (χ1) is 15.4. The first kappa shape index (κ1) is 22.7. The van der Waals surface area contributed by atoms with Gasteiger partial charge in [-0.3, -0.25) is 4.79 Å². The molecule has 0 aliphatic carbocycles. The van der Waals surface area contributed by atoms with E-state index in [0.29, 0.717) is 31.6 Å². The summed E-state index contributed by atoms with van der Waals surface area (Å²) in [6.45, 7) is 5.98. The molecule has 0 saturated carbocycles. The van der Waals surface area contributed by atoms with Crippen LogP contribution in [0.1, 0.15) is 54.7 Å². The molecule has 0 N–H and O–H groups in total. The smallest absolute Gasteiger partial charge is 0.248 e. The Morgan fingerprint density at radius 3 is 2.31 bits per heavy atom. The highest BCUT2D eigenvalue weighted by atomic mass is 32.2. The molecule has 2 aliphatic heterocycles. The van der Waals surface area contributed by atoms with Crippen LogP contribution in [0.2, 0.25) is 0 Å². The van der Waals surface area contributed by atoms with Crippen LogP contribution < -0.4 is 0 Å². The SMILES string of the molecule is Cc1ccc(/C=C/c2onc(C)c2S(=O)(=O)N2CCC(C(=O)N3CCCCC3)CC2)cc1. The van der Waals surface area contributed by atoms with Crippen molar-refractivity contribution in [2.75, 3.05) is 26.2 Å². The molecule has 32 heavy (non-hydrogen) atoms. The number of piperidine rings is 2. The number of likely N-dealkylation sites (tertiary alicyclic amines) is 1. The van der Waals surface area contributed by atoms with Crippen molar-refractivity contribution in [3.8, 4) is 0 Å². The molecule has 1 aromatic carbocycles. The molecule has 8 heteroatoms. The van der Waals surface area contributed by atoms with Crippen LogP contribution in [-0.2, 0) is 14.8 Å². The molecule has 0 unspecified atom stereocenters. The van der Waals surface area contributed by atoms with E-state index in [1.54, 1.807) is 13.0 Å². The predicted octanol–water partition coefficient (Wildman–Crippen LogP) is 3.88. The fourth-order valence-electron chi connectivity index (χ4n) is 4.49. The van der Waals surface area contributed by atoms with Crippen LogP contribution in [-0.4, -0.2) is 54.9 Å². The van der Waals surface area contributed by atoms with Crippen LogP contribution in [0.5, 0.6) is 0 Å². The van der Waals surface area contributed by atoms with Gasteiger partial charge in [0.05, 0.1) is 0 Å². The van der Waals surface area contributed by atoms with Crippen molar-refractivity contribution in [1.29, 1.82) is 0 Å². The molecule has 7 nitrogen and oxygen atoms in total. The van der Waals surface area contributed by atoms with Crippen LogP contribution in [0.3, 0.4) is 0 Å². The van der Waals surface area contributed by atoms with E-state index < -0.39 is 10.0 Å². The molecular weight excluding hydrogens is 426 g/mol. The molecule has 1 amide bonds. The fraction of sp³-hybridized carbons (Fsp3) is 0.500. The third-order valence-electron chi connectivity index (χ3n) is 6.41. The van der Waals surface area contributed by atoms with Crippen LogP contribution >= 0.6 is 0 Å². The maximum absolute atomic E-state index is 13.4. The number of nitrogens with zero attached hydrogens (tertiary/aromatic N) is 3. The number of carbonyl (C=O) groups excluding carboxylic acids is 1. The summed E-state index contributed by atoms with van der Waals surface area (Å²) in [5, 5.41) is 3.92. The summed E-state index contributed by atoms with van der Waals surface area (Å²) in [4.78, 5) is 14.9. The second-order valence-electron chi connectivity index (χ2n) is 8.77. The van der Waals surface area contributed by atoms with E-state index in [1.807, 2.05) is 42.2 Å². The minimum Gasteiger partial charge on any atom is -0.355 e. The predicted molar refractivity (Wildman–Crippen MR) is 123 cm³/mol. The minimum atomic E-state index is -3.76. The highest BCUT2D eigenvalue weighted by Crippen LogP contribution is 2.30. The van der Waals surface area contributed by atoms with Crippen molar-refractivity contribution in [1.82, 2.24) is 14.4 Å². The van der Waals surface area contributed by atoms with E-state index in [9.17, 15) is 13.2 Å². The van der Waals surface area contributed by atoms with Crippen molar-refractivity contribution in [2.45, 2.75) is 50.8 Å². The Morgan fingerprint density at radius 2 is 1.66 bits per heavy atom. The Balaban J connectivity index is 1.46. The molecule has 2 fully saturated rings. The van der Waals surface area contributed by atoms with Crippen molar-refractivity contribution >= 4 is 28.1 Å². The van der Waals surface area contributed by atoms with Gasteiger partial charge in [0, 0.05) is 32.1 Å². The highest BCUT2D eigenvalue weighted by Gasteiger charge is 2.37. The number of amides is 1. The summed E-state index contributed by atoms with van der Waals surface area (Å²) in [7, 11) is -3.76. The summed E-state index contributed by atoms with van der Waals surface area (Å²) in [6, 6.07) is 7.93. The second-order valence-corrected chi connectivity index (χ2v) is 10.6. The van der Waals surface area contributed by atoms with Gasteiger partial charge in [-0.25, -0.2) is 8.42 Å². The van der Waals surface area contributed by atoms with Gasteiger partial charge < -0.3 is 9.42 Å². The standard InChI is InChI=1S/C24H31N3O4S/c1-18-6-8-20(9-7-18)10-11-22-23(19(2)25-31-22)32(29,30)27-16-12-21(13-17-27)24(28)26-14-4-3-5-15-26/h6-11,21H,3-5,12-17H2,1-2H3/b11-10+. The zero-order valence-electron chi connectivity index (χ0n) is 18.8. The van der Waals surface area contributed by atoms with Crippen molar-refractivity contribution in [3.05, 3.63) is 46.8 Å². The first-order valence-electron chi connectivity index (χ1n) is 11.4. The summed E-state index contributed by atoms with van der Waals surface area (Å²) >= 11 is 0. The lowest BCUT2D eigenvalue weighted by Gasteiger charge is -2.35. The molecule has 2 aromatic rings. The number of hydrogen-bond acceptors (Lipinski definition) is 5.